The van der Waals surface area contributed by atoms with Crippen molar-refractivity contribution in [3.8, 4) is 11.5 Å². The Labute approximate surface area is 155 Å². The Morgan fingerprint density at radius 3 is 2.63 bits per heavy atom. The number of ether oxygens (including phenoxy) is 2. The molecule has 1 aliphatic rings. The van der Waals surface area contributed by atoms with Crippen LogP contribution < -0.4 is 14.8 Å². The van der Waals surface area contributed by atoms with Crippen LogP contribution in [0.3, 0.4) is 0 Å². The fraction of sp³-hybridized carbons (Fsp3) is 0.300. The molecule has 7 heteroatoms. The Kier molecular flexibility index (Phi) is 4.66. The second-order valence-corrected chi connectivity index (χ2v) is 6.46. The summed E-state index contributed by atoms with van der Waals surface area (Å²) in [5.74, 6) is 1.74. The molecule has 6 nitrogen and oxygen atoms in total. The van der Waals surface area contributed by atoms with Crippen LogP contribution >= 0.6 is 0 Å². The van der Waals surface area contributed by atoms with Gasteiger partial charge in [0.1, 0.15) is 31.4 Å². The maximum absolute atomic E-state index is 12.9. The molecular weight excluding hydrogens is 349 g/mol. The number of carbonyl (C=O) groups excluding carboxylic acids is 1. The van der Waals surface area contributed by atoms with E-state index in [1.807, 2.05) is 23.6 Å². The monoisotopic (exact) mass is 369 g/mol. The molecule has 0 fully saturated rings. The number of halogens is 1. The van der Waals surface area contributed by atoms with Crippen molar-refractivity contribution >= 4 is 16.9 Å². The lowest BCUT2D eigenvalue weighted by molar-refractivity contribution is -0.121. The molecule has 1 aromatic heterocycles. The van der Waals surface area contributed by atoms with Gasteiger partial charge in [-0.3, -0.25) is 4.79 Å². The van der Waals surface area contributed by atoms with Gasteiger partial charge in [0.05, 0.1) is 11.0 Å². The van der Waals surface area contributed by atoms with Crippen LogP contribution in [0.2, 0.25) is 0 Å². The number of hydrogen-bond donors (Lipinski definition) is 1. The molecule has 4 rings (SSSR count). The van der Waals surface area contributed by atoms with Gasteiger partial charge in [0, 0.05) is 18.7 Å². The third-order valence-electron chi connectivity index (χ3n) is 4.55. The molecule has 140 valence electrons. The third kappa shape index (κ3) is 3.72. The lowest BCUT2D eigenvalue weighted by Crippen LogP contribution is -2.29. The number of carbonyl (C=O) groups is 1. The average Bonchev–Trinajstić information content (AvgIpc) is 2.96. The van der Waals surface area contributed by atoms with Crippen LogP contribution in [-0.4, -0.2) is 35.2 Å². The second-order valence-electron chi connectivity index (χ2n) is 6.46. The Balaban J connectivity index is 1.43. The lowest BCUT2D eigenvalue weighted by atomic mass is 10.1. The van der Waals surface area contributed by atoms with Gasteiger partial charge in [-0.2, -0.15) is 0 Å². The van der Waals surface area contributed by atoms with Gasteiger partial charge >= 0.3 is 0 Å². The van der Waals surface area contributed by atoms with Gasteiger partial charge in [0.2, 0.25) is 5.91 Å². The number of imidazole rings is 1. The topological polar surface area (TPSA) is 65.4 Å². The first-order chi connectivity index (χ1) is 13.1. The first-order valence-electron chi connectivity index (χ1n) is 8.88. The minimum absolute atomic E-state index is 0.102. The molecule has 0 aliphatic carbocycles. The van der Waals surface area contributed by atoms with Crippen molar-refractivity contribution in [2.24, 2.45) is 0 Å². The third-order valence-corrected chi connectivity index (χ3v) is 4.55. The van der Waals surface area contributed by atoms with E-state index in [-0.39, 0.29) is 18.3 Å². The van der Waals surface area contributed by atoms with Crippen molar-refractivity contribution in [2.75, 3.05) is 19.8 Å². The number of aryl methyl sites for hydroxylation is 1. The van der Waals surface area contributed by atoms with E-state index < -0.39 is 0 Å². The Morgan fingerprint density at radius 2 is 1.89 bits per heavy atom. The van der Waals surface area contributed by atoms with Crippen LogP contribution in [0.1, 0.15) is 11.4 Å². The van der Waals surface area contributed by atoms with Crippen LogP contribution in [0.25, 0.3) is 11.0 Å². The molecule has 0 saturated heterocycles. The van der Waals surface area contributed by atoms with Crippen molar-refractivity contribution in [1.29, 1.82) is 0 Å². The van der Waals surface area contributed by atoms with E-state index in [0.717, 1.165) is 22.4 Å². The highest BCUT2D eigenvalue weighted by Gasteiger charge is 2.18. The quantitative estimate of drug-likeness (QED) is 0.751. The fourth-order valence-corrected chi connectivity index (χ4v) is 3.18. The number of amides is 1. The normalized spacial score (nSPS) is 13.0. The predicted molar refractivity (Wildman–Crippen MR) is 98.6 cm³/mol. The zero-order chi connectivity index (χ0) is 18.8. The molecule has 0 atom stereocenters. The van der Waals surface area contributed by atoms with E-state index >= 15 is 0 Å². The minimum atomic E-state index is -0.262. The number of benzene rings is 2. The Hall–Kier alpha value is -3.09. The van der Waals surface area contributed by atoms with Gasteiger partial charge in [-0.15, -0.1) is 0 Å². The van der Waals surface area contributed by atoms with Crippen molar-refractivity contribution < 1.29 is 18.7 Å². The summed E-state index contributed by atoms with van der Waals surface area (Å²) in [6.07, 6.45) is 0.647. The molecular formula is C20H20FN3O3. The average molecular weight is 369 g/mol. The SMILES string of the molecule is Cc1nc2cc3c(cc2n1CC(=O)NCCc1ccc(F)cc1)OCCO3. The standard InChI is InChI=1S/C20H20FN3O3/c1-13-23-16-10-18-19(27-9-8-26-18)11-17(16)24(13)12-20(25)22-7-6-14-2-4-15(21)5-3-14/h2-5,10-11H,6-9,12H2,1H3,(H,22,25). The predicted octanol–water partition coefficient (Wildman–Crippen LogP) is 2.61. The van der Waals surface area contributed by atoms with Crippen LogP contribution in [0.5, 0.6) is 11.5 Å². The number of fused-ring (bicyclic) bond motifs is 2. The smallest absolute Gasteiger partial charge is 0.240 e. The number of rotatable bonds is 5. The lowest BCUT2D eigenvalue weighted by Gasteiger charge is -2.18. The molecule has 0 spiro atoms. The summed E-state index contributed by atoms with van der Waals surface area (Å²) in [6, 6.07) is 10.0. The summed E-state index contributed by atoms with van der Waals surface area (Å²) in [4.78, 5) is 16.9. The van der Waals surface area contributed by atoms with Crippen LogP contribution in [0.4, 0.5) is 4.39 Å². The maximum Gasteiger partial charge on any atom is 0.240 e. The van der Waals surface area contributed by atoms with Crippen molar-refractivity contribution in [3.63, 3.8) is 0 Å². The number of nitrogens with zero attached hydrogens (tertiary/aromatic N) is 2. The zero-order valence-electron chi connectivity index (χ0n) is 15.0. The molecule has 1 aliphatic heterocycles. The van der Waals surface area contributed by atoms with Crippen molar-refractivity contribution in [2.45, 2.75) is 19.9 Å². The van der Waals surface area contributed by atoms with Gasteiger partial charge in [-0.1, -0.05) is 12.1 Å². The van der Waals surface area contributed by atoms with E-state index in [1.165, 1.54) is 12.1 Å². The summed E-state index contributed by atoms with van der Waals surface area (Å²) in [6.45, 7) is 3.56. The Morgan fingerprint density at radius 1 is 1.19 bits per heavy atom. The molecule has 27 heavy (non-hydrogen) atoms. The van der Waals surface area contributed by atoms with E-state index in [2.05, 4.69) is 10.3 Å². The molecule has 0 bridgehead atoms. The summed E-state index contributed by atoms with van der Waals surface area (Å²) in [7, 11) is 0. The van der Waals surface area contributed by atoms with E-state index in [0.29, 0.717) is 37.7 Å². The van der Waals surface area contributed by atoms with E-state index in [4.69, 9.17) is 9.47 Å². The maximum atomic E-state index is 12.9. The number of aromatic nitrogens is 2. The van der Waals surface area contributed by atoms with Crippen LogP contribution in [0.15, 0.2) is 36.4 Å². The summed E-state index contributed by atoms with van der Waals surface area (Å²) >= 11 is 0. The molecule has 0 radical (unpaired) electrons. The molecule has 0 unspecified atom stereocenters. The number of hydrogen-bond acceptors (Lipinski definition) is 4. The summed E-state index contributed by atoms with van der Waals surface area (Å²) < 4.78 is 26.0. The second kappa shape index (κ2) is 7.26. The van der Waals surface area contributed by atoms with Gasteiger partial charge in [-0.25, -0.2) is 9.37 Å². The van der Waals surface area contributed by atoms with Gasteiger partial charge in [0.15, 0.2) is 11.5 Å². The number of nitrogens with one attached hydrogen (secondary N) is 1. The molecule has 1 amide bonds. The molecule has 2 heterocycles. The highest BCUT2D eigenvalue weighted by atomic mass is 19.1. The first kappa shape index (κ1) is 17.3. The Bertz CT molecular complexity index is 982. The van der Waals surface area contributed by atoms with E-state index in [1.54, 1.807) is 12.1 Å². The highest BCUT2D eigenvalue weighted by molar-refractivity contribution is 5.83. The van der Waals surface area contributed by atoms with E-state index in [9.17, 15) is 9.18 Å². The van der Waals surface area contributed by atoms with Gasteiger partial charge < -0.3 is 19.4 Å². The van der Waals surface area contributed by atoms with Crippen LogP contribution in [0, 0.1) is 12.7 Å². The molecule has 2 aromatic carbocycles. The van der Waals surface area contributed by atoms with Crippen LogP contribution in [-0.2, 0) is 17.8 Å². The van der Waals surface area contributed by atoms with Crippen molar-refractivity contribution in [1.82, 2.24) is 14.9 Å². The zero-order valence-corrected chi connectivity index (χ0v) is 15.0. The summed E-state index contributed by atoms with van der Waals surface area (Å²) in [5.41, 5.74) is 2.59. The molecule has 1 N–H and O–H groups in total. The summed E-state index contributed by atoms with van der Waals surface area (Å²) in [5, 5.41) is 2.90. The highest BCUT2D eigenvalue weighted by Crippen LogP contribution is 2.34. The minimum Gasteiger partial charge on any atom is -0.486 e. The first-order valence-corrected chi connectivity index (χ1v) is 8.88. The fourth-order valence-electron chi connectivity index (χ4n) is 3.18. The van der Waals surface area contributed by atoms with Gasteiger partial charge in [0.25, 0.3) is 0 Å². The molecule has 3 aromatic rings. The largest absolute Gasteiger partial charge is 0.486 e. The molecule has 0 saturated carbocycles. The van der Waals surface area contributed by atoms with Crippen molar-refractivity contribution in [3.05, 3.63) is 53.6 Å². The van der Waals surface area contributed by atoms with Gasteiger partial charge in [-0.05, 0) is 31.0 Å².